The molecule has 26 heavy (non-hydrogen) atoms. The highest BCUT2D eigenvalue weighted by Gasteiger charge is 2.20. The van der Waals surface area contributed by atoms with E-state index in [0.29, 0.717) is 15.7 Å². The van der Waals surface area contributed by atoms with Gasteiger partial charge in [-0.05, 0) is 40.2 Å². The van der Waals surface area contributed by atoms with E-state index in [-0.39, 0.29) is 12.4 Å². The molecule has 3 aromatic rings. The van der Waals surface area contributed by atoms with Crippen LogP contribution in [-0.4, -0.2) is 10.9 Å². The van der Waals surface area contributed by atoms with Crippen LogP contribution < -0.4 is 10.5 Å². The normalized spacial score (nSPS) is 10.8. The minimum Gasteiger partial charge on any atom is -0.483 e. The molecule has 0 bridgehead atoms. The first-order chi connectivity index (χ1) is 12.4. The number of aromatic nitrogens is 1. The predicted octanol–water partition coefficient (Wildman–Crippen LogP) is 5.18. The number of thiazole rings is 1. The number of nitrogens with zero attached hydrogens (tertiary/aromatic N) is 1. The summed E-state index contributed by atoms with van der Waals surface area (Å²) in [4.78, 5) is 15.6. The highest BCUT2D eigenvalue weighted by molar-refractivity contribution is 9.11. The zero-order valence-electron chi connectivity index (χ0n) is 12.9. The average molecular weight is 460 g/mol. The average Bonchev–Trinajstić information content (AvgIpc) is 2.95. The first-order valence-corrected chi connectivity index (χ1v) is 9.17. The summed E-state index contributed by atoms with van der Waals surface area (Å²) in [5.41, 5.74) is 5.71. The van der Waals surface area contributed by atoms with Crippen molar-refractivity contribution in [3.8, 4) is 17.0 Å². The maximum atomic E-state index is 14.2. The number of carbonyl (C=O) groups excluding carboxylic acids is 1. The number of hydrogen-bond acceptors (Lipinski definition) is 4. The summed E-state index contributed by atoms with van der Waals surface area (Å²) in [5.74, 6) is -3.65. The zero-order valence-corrected chi connectivity index (χ0v) is 16.1. The summed E-state index contributed by atoms with van der Waals surface area (Å²) in [6, 6.07) is 9.17. The van der Waals surface area contributed by atoms with Crippen molar-refractivity contribution in [2.24, 2.45) is 5.73 Å². The highest BCUT2D eigenvalue weighted by atomic mass is 79.9. The summed E-state index contributed by atoms with van der Waals surface area (Å²) < 4.78 is 33.8. The largest absolute Gasteiger partial charge is 0.483 e. The van der Waals surface area contributed by atoms with Gasteiger partial charge in [0.2, 0.25) is 0 Å². The molecule has 0 aliphatic heterocycles. The van der Waals surface area contributed by atoms with E-state index in [1.54, 1.807) is 12.1 Å². The molecular formula is C17H10BrClF2N2O2S. The van der Waals surface area contributed by atoms with Gasteiger partial charge in [0, 0.05) is 10.6 Å². The van der Waals surface area contributed by atoms with Gasteiger partial charge in [0.1, 0.15) is 23.0 Å². The molecule has 1 amide bonds. The van der Waals surface area contributed by atoms with Crippen LogP contribution in [0, 0.1) is 11.6 Å². The Labute approximate surface area is 164 Å². The first-order valence-electron chi connectivity index (χ1n) is 7.18. The summed E-state index contributed by atoms with van der Waals surface area (Å²) >= 11 is 10.6. The minimum absolute atomic E-state index is 0.0579. The molecule has 0 aliphatic carbocycles. The van der Waals surface area contributed by atoms with E-state index in [1.807, 2.05) is 12.1 Å². The molecule has 0 saturated carbocycles. The van der Waals surface area contributed by atoms with Crippen LogP contribution in [0.15, 0.2) is 40.2 Å². The second-order valence-electron chi connectivity index (χ2n) is 5.12. The maximum absolute atomic E-state index is 14.2. The molecule has 2 aromatic carbocycles. The van der Waals surface area contributed by atoms with Crippen molar-refractivity contribution in [1.82, 2.24) is 4.98 Å². The molecule has 0 unspecified atom stereocenters. The smallest absolute Gasteiger partial charge is 0.254 e. The van der Waals surface area contributed by atoms with Gasteiger partial charge in [-0.2, -0.15) is 0 Å². The fraction of sp³-hybridized carbons (Fsp3) is 0.0588. The number of halogens is 4. The quantitative estimate of drug-likeness (QED) is 0.571. The highest BCUT2D eigenvalue weighted by Crippen LogP contribution is 2.34. The lowest BCUT2D eigenvalue weighted by molar-refractivity contribution is 0.0991. The Kier molecular flexibility index (Phi) is 5.55. The Morgan fingerprint density at radius 3 is 2.58 bits per heavy atom. The third-order valence-corrected chi connectivity index (χ3v) is 5.33. The molecule has 0 aliphatic rings. The SMILES string of the molecule is NC(=O)c1c(F)ccc(OCc2nc(-c3ccc(Cl)cc3)c(Br)s2)c1F. The predicted molar refractivity (Wildman–Crippen MR) is 99.5 cm³/mol. The third kappa shape index (κ3) is 3.87. The van der Waals surface area contributed by atoms with Gasteiger partial charge < -0.3 is 10.5 Å². The zero-order chi connectivity index (χ0) is 18.8. The van der Waals surface area contributed by atoms with Gasteiger partial charge in [-0.3, -0.25) is 4.79 Å². The van der Waals surface area contributed by atoms with Crippen LogP contribution >= 0.6 is 38.9 Å². The number of rotatable bonds is 5. The standard InChI is InChI=1S/C17H10BrClF2N2O2S/c18-16-15(8-1-3-9(19)4-2-8)23-12(26-16)7-25-11-6-5-10(20)13(14(11)21)17(22)24/h1-6H,7H2,(H2,22,24). The van der Waals surface area contributed by atoms with Crippen molar-refractivity contribution >= 4 is 44.8 Å². The van der Waals surface area contributed by atoms with E-state index < -0.39 is 23.1 Å². The Balaban J connectivity index is 1.81. The number of primary amides is 1. The van der Waals surface area contributed by atoms with E-state index in [0.717, 1.165) is 21.5 Å². The van der Waals surface area contributed by atoms with Crippen molar-refractivity contribution in [2.45, 2.75) is 6.61 Å². The minimum atomic E-state index is -1.20. The number of nitrogens with two attached hydrogens (primary N) is 1. The van der Waals surface area contributed by atoms with Crippen molar-refractivity contribution in [1.29, 1.82) is 0 Å². The van der Waals surface area contributed by atoms with E-state index >= 15 is 0 Å². The van der Waals surface area contributed by atoms with Gasteiger partial charge in [-0.1, -0.05) is 23.7 Å². The lowest BCUT2D eigenvalue weighted by atomic mass is 10.1. The van der Waals surface area contributed by atoms with Gasteiger partial charge in [0.05, 0.1) is 9.48 Å². The number of hydrogen-bond donors (Lipinski definition) is 1. The van der Waals surface area contributed by atoms with Gasteiger partial charge in [-0.15, -0.1) is 11.3 Å². The topological polar surface area (TPSA) is 65.2 Å². The molecule has 9 heteroatoms. The number of carbonyl (C=O) groups is 1. The van der Waals surface area contributed by atoms with Crippen LogP contribution in [0.3, 0.4) is 0 Å². The lowest BCUT2D eigenvalue weighted by Gasteiger charge is -2.08. The van der Waals surface area contributed by atoms with Gasteiger partial charge in [-0.25, -0.2) is 13.8 Å². The molecule has 0 atom stereocenters. The lowest BCUT2D eigenvalue weighted by Crippen LogP contribution is -2.16. The van der Waals surface area contributed by atoms with E-state index in [2.05, 4.69) is 20.9 Å². The molecule has 134 valence electrons. The summed E-state index contributed by atoms with van der Waals surface area (Å²) in [6.45, 7) is -0.0579. The van der Waals surface area contributed by atoms with Crippen LogP contribution in [0.5, 0.6) is 5.75 Å². The van der Waals surface area contributed by atoms with Crippen molar-refractivity contribution < 1.29 is 18.3 Å². The Morgan fingerprint density at radius 2 is 1.92 bits per heavy atom. The van der Waals surface area contributed by atoms with Crippen molar-refractivity contribution in [3.63, 3.8) is 0 Å². The van der Waals surface area contributed by atoms with Gasteiger partial charge in [0.15, 0.2) is 11.6 Å². The Hall–Kier alpha value is -2.03. The molecule has 1 aromatic heterocycles. The fourth-order valence-electron chi connectivity index (χ4n) is 2.20. The molecule has 0 radical (unpaired) electrons. The van der Waals surface area contributed by atoms with E-state index in [4.69, 9.17) is 22.1 Å². The number of amides is 1. The van der Waals surface area contributed by atoms with Crippen LogP contribution in [0.4, 0.5) is 8.78 Å². The second-order valence-corrected chi connectivity index (χ2v) is 7.96. The van der Waals surface area contributed by atoms with Crippen molar-refractivity contribution in [2.75, 3.05) is 0 Å². The first kappa shape index (κ1) is 18.8. The second kappa shape index (κ2) is 7.69. The Bertz CT molecular complexity index is 980. The van der Waals surface area contributed by atoms with Gasteiger partial charge >= 0.3 is 0 Å². The number of ether oxygens (including phenoxy) is 1. The molecule has 1 heterocycles. The van der Waals surface area contributed by atoms with Gasteiger partial charge in [0.25, 0.3) is 5.91 Å². The van der Waals surface area contributed by atoms with Crippen LogP contribution in [0.2, 0.25) is 5.02 Å². The maximum Gasteiger partial charge on any atom is 0.254 e. The molecule has 0 fully saturated rings. The molecule has 2 N–H and O–H groups in total. The molecular weight excluding hydrogens is 450 g/mol. The molecule has 3 rings (SSSR count). The third-order valence-electron chi connectivity index (χ3n) is 3.40. The number of benzene rings is 2. The summed E-state index contributed by atoms with van der Waals surface area (Å²) in [5, 5.41) is 1.17. The van der Waals surface area contributed by atoms with Crippen LogP contribution in [0.25, 0.3) is 11.3 Å². The monoisotopic (exact) mass is 458 g/mol. The van der Waals surface area contributed by atoms with Crippen LogP contribution in [-0.2, 0) is 6.61 Å². The molecule has 4 nitrogen and oxygen atoms in total. The summed E-state index contributed by atoms with van der Waals surface area (Å²) in [6.07, 6.45) is 0. The summed E-state index contributed by atoms with van der Waals surface area (Å²) in [7, 11) is 0. The fourth-order valence-corrected chi connectivity index (χ4v) is 3.93. The van der Waals surface area contributed by atoms with E-state index in [9.17, 15) is 13.6 Å². The van der Waals surface area contributed by atoms with Crippen molar-refractivity contribution in [3.05, 3.63) is 67.4 Å². The molecule has 0 saturated heterocycles. The van der Waals surface area contributed by atoms with E-state index in [1.165, 1.54) is 11.3 Å². The molecule has 0 spiro atoms. The van der Waals surface area contributed by atoms with Crippen LogP contribution in [0.1, 0.15) is 15.4 Å². The Morgan fingerprint density at radius 1 is 1.23 bits per heavy atom.